The summed E-state index contributed by atoms with van der Waals surface area (Å²) in [6, 6.07) is 14.0. The van der Waals surface area contributed by atoms with Crippen LogP contribution in [0.4, 0.5) is 14.5 Å². The normalized spacial score (nSPS) is 11.7. The number of nitrogens with zero attached hydrogens (tertiary/aromatic N) is 2. The van der Waals surface area contributed by atoms with E-state index in [0.717, 1.165) is 10.6 Å². The number of rotatable bonds is 6. The van der Waals surface area contributed by atoms with E-state index in [1.807, 2.05) is 0 Å². The molecule has 0 fully saturated rings. The van der Waals surface area contributed by atoms with Gasteiger partial charge in [-0.1, -0.05) is 6.07 Å². The van der Waals surface area contributed by atoms with Crippen molar-refractivity contribution in [2.45, 2.75) is 0 Å². The maximum Gasteiger partial charge on any atom is 0.260 e. The Balaban J connectivity index is 1.63. The van der Waals surface area contributed by atoms with E-state index in [2.05, 4.69) is 15.3 Å². The lowest BCUT2D eigenvalue weighted by Gasteiger charge is -2.20. The van der Waals surface area contributed by atoms with Gasteiger partial charge >= 0.3 is 0 Å². The van der Waals surface area contributed by atoms with E-state index in [1.54, 1.807) is 6.07 Å². The zero-order valence-electron chi connectivity index (χ0n) is 22.9. The number of para-hydroxylation sites is 1. The number of nitrogens with one attached hydrogen (secondary N) is 2. The lowest BCUT2D eigenvalue weighted by Crippen LogP contribution is -2.25. The molecule has 0 saturated heterocycles. The van der Waals surface area contributed by atoms with Gasteiger partial charge in [-0.05, 0) is 48.5 Å². The molecule has 6 rings (SSSR count). The minimum atomic E-state index is -3.80. The number of sulfonamides is 1. The molecule has 0 spiro atoms. The van der Waals surface area contributed by atoms with Gasteiger partial charge in [-0.3, -0.25) is 13.9 Å². The Hall–Kier alpha value is -5.30. The van der Waals surface area contributed by atoms with Gasteiger partial charge in [-0.2, -0.15) is 0 Å². The Morgan fingerprint density at radius 2 is 1.72 bits per heavy atom. The monoisotopic (exact) mass is 604 g/mol. The van der Waals surface area contributed by atoms with E-state index in [4.69, 9.17) is 8.83 Å². The number of pyridine rings is 1. The number of anilines is 1. The first-order chi connectivity index (χ1) is 20.5. The maximum atomic E-state index is 14.3. The number of H-pyrrole nitrogens is 1. The van der Waals surface area contributed by atoms with Crippen molar-refractivity contribution in [3.8, 4) is 33.9 Å². The molecule has 0 aliphatic heterocycles. The Morgan fingerprint density at radius 1 is 0.977 bits per heavy atom. The predicted octanol–water partition coefficient (Wildman–Crippen LogP) is 5.30. The average Bonchev–Trinajstić information content (AvgIpc) is 3.58. The predicted molar refractivity (Wildman–Crippen MR) is 157 cm³/mol. The fourth-order valence-corrected chi connectivity index (χ4v) is 5.29. The van der Waals surface area contributed by atoms with Gasteiger partial charge in [0.1, 0.15) is 28.2 Å². The number of hydrogen-bond donors (Lipinski definition) is 2. The molecule has 1 amide bonds. The molecule has 0 saturated carbocycles. The summed E-state index contributed by atoms with van der Waals surface area (Å²) in [5.74, 6) is -1.59. The van der Waals surface area contributed by atoms with Crippen molar-refractivity contribution >= 4 is 43.7 Å². The standard InChI is InChI=1S/C30H22F2N4O6S/c1-33-29(38)25-19-12-18(16-11-20(28(37)34-14-16)30-35-26-21(32)5-4-6-23(26)42-30)22(36(2)43(3,39)40)13-24(19)41-27(25)15-7-9-17(31)10-8-15/h4-14H,1-3H3,(H,33,38)(H,34,37). The molecule has 10 nitrogen and oxygen atoms in total. The molecule has 0 aliphatic carbocycles. The molecule has 218 valence electrons. The van der Waals surface area contributed by atoms with Crippen LogP contribution < -0.4 is 15.2 Å². The number of furan rings is 1. The minimum absolute atomic E-state index is 0.0353. The highest BCUT2D eigenvalue weighted by molar-refractivity contribution is 7.92. The first-order valence-electron chi connectivity index (χ1n) is 12.8. The smallest absolute Gasteiger partial charge is 0.260 e. The first kappa shape index (κ1) is 27.8. The second-order valence-corrected chi connectivity index (χ2v) is 11.7. The van der Waals surface area contributed by atoms with Crippen LogP contribution in [0.2, 0.25) is 0 Å². The summed E-state index contributed by atoms with van der Waals surface area (Å²) in [6.07, 6.45) is 2.39. The van der Waals surface area contributed by atoms with Crippen molar-refractivity contribution in [3.05, 3.63) is 94.4 Å². The van der Waals surface area contributed by atoms with Crippen molar-refractivity contribution in [3.63, 3.8) is 0 Å². The lowest BCUT2D eigenvalue weighted by atomic mass is 9.98. The van der Waals surface area contributed by atoms with Gasteiger partial charge in [0.2, 0.25) is 15.9 Å². The second-order valence-electron chi connectivity index (χ2n) is 9.72. The van der Waals surface area contributed by atoms with Gasteiger partial charge in [0.05, 0.1) is 17.5 Å². The highest BCUT2D eigenvalue weighted by Crippen LogP contribution is 2.41. The highest BCUT2D eigenvalue weighted by Gasteiger charge is 2.26. The molecule has 0 radical (unpaired) electrons. The number of oxazole rings is 1. The Kier molecular flexibility index (Phi) is 6.61. The largest absolute Gasteiger partial charge is 0.455 e. The third-order valence-electron chi connectivity index (χ3n) is 7.02. The summed E-state index contributed by atoms with van der Waals surface area (Å²) in [5.41, 5.74) is 1.02. The number of carbonyl (C=O) groups excluding carboxylic acids is 1. The van der Waals surface area contributed by atoms with Crippen molar-refractivity contribution in [1.29, 1.82) is 0 Å². The number of hydrogen-bond acceptors (Lipinski definition) is 7. The van der Waals surface area contributed by atoms with Crippen molar-refractivity contribution in [1.82, 2.24) is 15.3 Å². The molecule has 0 bridgehead atoms. The summed E-state index contributed by atoms with van der Waals surface area (Å²) in [5, 5.41) is 2.91. The van der Waals surface area contributed by atoms with Crippen LogP contribution in [0, 0.1) is 11.6 Å². The minimum Gasteiger partial charge on any atom is -0.455 e. The Morgan fingerprint density at radius 3 is 2.40 bits per heavy atom. The summed E-state index contributed by atoms with van der Waals surface area (Å²) >= 11 is 0. The zero-order chi connectivity index (χ0) is 30.6. The second kappa shape index (κ2) is 10.2. The SMILES string of the molecule is CNC(=O)c1c(-c2ccc(F)cc2)oc2cc(N(C)S(C)(=O)=O)c(-c3c[nH]c(=O)c(-c4nc5c(F)cccc5o4)c3)cc12. The number of amides is 1. The van der Waals surface area contributed by atoms with Gasteiger partial charge < -0.3 is 19.1 Å². The fourth-order valence-electron chi connectivity index (χ4n) is 4.79. The van der Waals surface area contributed by atoms with E-state index >= 15 is 0 Å². The third kappa shape index (κ3) is 4.83. The molecule has 3 aromatic heterocycles. The van der Waals surface area contributed by atoms with Crippen LogP contribution in [0.1, 0.15) is 10.4 Å². The van der Waals surface area contributed by atoms with Gasteiger partial charge in [0, 0.05) is 48.4 Å². The number of halogens is 2. The molecule has 0 aliphatic rings. The third-order valence-corrected chi connectivity index (χ3v) is 8.21. The number of carbonyl (C=O) groups is 1. The average molecular weight is 605 g/mol. The van der Waals surface area contributed by atoms with Crippen molar-refractivity contribution in [2.24, 2.45) is 0 Å². The molecule has 6 aromatic rings. The van der Waals surface area contributed by atoms with E-state index in [1.165, 1.54) is 74.9 Å². The Labute approximate surface area is 242 Å². The van der Waals surface area contributed by atoms with Crippen LogP contribution in [-0.4, -0.2) is 44.6 Å². The molecule has 3 heterocycles. The molecule has 3 aromatic carbocycles. The van der Waals surface area contributed by atoms with Crippen LogP contribution in [0.15, 0.2) is 80.5 Å². The van der Waals surface area contributed by atoms with E-state index in [0.29, 0.717) is 22.1 Å². The summed E-state index contributed by atoms with van der Waals surface area (Å²) < 4.78 is 66.1. The lowest BCUT2D eigenvalue weighted by molar-refractivity contribution is 0.0964. The van der Waals surface area contributed by atoms with Crippen molar-refractivity contribution < 1.29 is 30.8 Å². The molecule has 0 unspecified atom stereocenters. The van der Waals surface area contributed by atoms with Crippen LogP contribution in [0.25, 0.3) is 56.0 Å². The van der Waals surface area contributed by atoms with Gasteiger partial charge in [0.25, 0.3) is 11.5 Å². The molecule has 43 heavy (non-hydrogen) atoms. The van der Waals surface area contributed by atoms with E-state index in [9.17, 15) is 26.8 Å². The van der Waals surface area contributed by atoms with Gasteiger partial charge in [0.15, 0.2) is 11.4 Å². The quantitative estimate of drug-likeness (QED) is 0.263. The molecule has 2 N–H and O–H groups in total. The van der Waals surface area contributed by atoms with Crippen LogP contribution in [0.3, 0.4) is 0 Å². The van der Waals surface area contributed by atoms with E-state index in [-0.39, 0.29) is 45.1 Å². The van der Waals surface area contributed by atoms with Gasteiger partial charge in [-0.25, -0.2) is 22.2 Å². The topological polar surface area (TPSA) is 139 Å². The number of aromatic amines is 1. The van der Waals surface area contributed by atoms with Crippen LogP contribution in [0.5, 0.6) is 0 Å². The zero-order valence-corrected chi connectivity index (χ0v) is 23.7. The fraction of sp³-hybridized carbons (Fsp3) is 0.100. The number of fused-ring (bicyclic) bond motifs is 2. The Bertz CT molecular complexity index is 2240. The summed E-state index contributed by atoms with van der Waals surface area (Å²) in [6.45, 7) is 0. The number of aromatic nitrogens is 2. The van der Waals surface area contributed by atoms with Gasteiger partial charge in [-0.15, -0.1) is 0 Å². The maximum absolute atomic E-state index is 14.3. The molecule has 13 heteroatoms. The van der Waals surface area contributed by atoms with Crippen LogP contribution >= 0.6 is 0 Å². The first-order valence-corrected chi connectivity index (χ1v) is 14.6. The molecular formula is C30H22F2N4O6S. The molecule has 0 atom stereocenters. The highest BCUT2D eigenvalue weighted by atomic mass is 32.2. The van der Waals surface area contributed by atoms with Crippen LogP contribution in [-0.2, 0) is 10.0 Å². The van der Waals surface area contributed by atoms with E-state index < -0.39 is 33.1 Å². The summed E-state index contributed by atoms with van der Waals surface area (Å²) in [7, 11) is -1.01. The number of benzene rings is 3. The molecular weight excluding hydrogens is 582 g/mol. The van der Waals surface area contributed by atoms with Crippen molar-refractivity contribution in [2.75, 3.05) is 24.7 Å². The summed E-state index contributed by atoms with van der Waals surface area (Å²) in [4.78, 5) is 32.8.